The Bertz CT molecular complexity index is 1110. The topological polar surface area (TPSA) is 63.5 Å². The number of thiazole rings is 1. The molecule has 5 nitrogen and oxygen atoms in total. The molecule has 4 aromatic rings. The fraction of sp³-hybridized carbons (Fsp3) is 0.150. The number of amides is 1. The predicted molar refractivity (Wildman–Crippen MR) is 110 cm³/mol. The number of fused-ring (bicyclic) bond motifs is 1. The summed E-state index contributed by atoms with van der Waals surface area (Å²) in [6.07, 6.45) is 2.87. The van der Waals surface area contributed by atoms with Crippen molar-refractivity contribution in [3.8, 4) is 11.3 Å². The average molecular weight is 413 g/mol. The van der Waals surface area contributed by atoms with Gasteiger partial charge in [0.2, 0.25) is 5.91 Å². The second-order valence-electron chi connectivity index (χ2n) is 6.17. The minimum absolute atomic E-state index is 0.0550. The van der Waals surface area contributed by atoms with Crippen LogP contribution in [0.25, 0.3) is 16.2 Å². The van der Waals surface area contributed by atoms with Crippen LogP contribution in [0.5, 0.6) is 0 Å². The molecule has 1 aromatic carbocycles. The van der Waals surface area contributed by atoms with Crippen LogP contribution < -0.4 is 5.32 Å². The van der Waals surface area contributed by atoms with Gasteiger partial charge in [-0.25, -0.2) is 9.37 Å². The van der Waals surface area contributed by atoms with E-state index in [1.807, 2.05) is 23.0 Å². The molecule has 0 radical (unpaired) electrons. The molecule has 4 rings (SSSR count). The van der Waals surface area contributed by atoms with E-state index >= 15 is 0 Å². The first-order valence-corrected chi connectivity index (χ1v) is 10.5. The van der Waals surface area contributed by atoms with Gasteiger partial charge in [-0.2, -0.15) is 0 Å². The number of rotatable bonds is 7. The summed E-state index contributed by atoms with van der Waals surface area (Å²) in [5.41, 5.74) is 1.32. The van der Waals surface area contributed by atoms with Crippen molar-refractivity contribution in [2.45, 2.75) is 19.3 Å². The number of benzene rings is 1. The number of hydrogen-bond acceptors (Lipinski definition) is 5. The lowest BCUT2D eigenvalue weighted by atomic mass is 10.1. The van der Waals surface area contributed by atoms with Gasteiger partial charge in [-0.1, -0.05) is 6.07 Å². The zero-order chi connectivity index (χ0) is 19.5. The van der Waals surface area contributed by atoms with Gasteiger partial charge >= 0.3 is 0 Å². The number of hydrogen-bond donors (Lipinski definition) is 1. The van der Waals surface area contributed by atoms with Gasteiger partial charge in [0.15, 0.2) is 10.7 Å². The maximum Gasteiger partial charge on any atom is 0.225 e. The van der Waals surface area contributed by atoms with Gasteiger partial charge in [0.05, 0.1) is 4.88 Å². The van der Waals surface area contributed by atoms with Crippen LogP contribution in [0.1, 0.15) is 28.9 Å². The number of thiophene rings is 1. The van der Waals surface area contributed by atoms with E-state index in [1.165, 1.54) is 34.8 Å². The zero-order valence-corrected chi connectivity index (χ0v) is 16.4. The van der Waals surface area contributed by atoms with E-state index in [4.69, 9.17) is 0 Å². The highest BCUT2D eigenvalue weighted by atomic mass is 32.1. The number of halogens is 1. The van der Waals surface area contributed by atoms with Crippen LogP contribution in [0.2, 0.25) is 0 Å². The standard InChI is InChI=1S/C20H16FN3O2S2/c21-14-8-6-13(7-9-14)18-19(24-10-12-28-20(24)23-18)22-17(26)5-1-3-15(25)16-4-2-11-27-16/h2,4,6-12H,1,3,5H2,(H,22,26). The SMILES string of the molecule is O=C(CCCC(=O)c1cccs1)Nc1c(-c2ccc(F)cc2)nc2sccn12. The van der Waals surface area contributed by atoms with Crippen molar-refractivity contribution < 1.29 is 14.0 Å². The normalized spacial score (nSPS) is 11.0. The Morgan fingerprint density at radius 2 is 1.89 bits per heavy atom. The van der Waals surface area contributed by atoms with Crippen LogP contribution in [-0.4, -0.2) is 21.1 Å². The summed E-state index contributed by atoms with van der Waals surface area (Å²) in [7, 11) is 0. The molecule has 0 atom stereocenters. The van der Waals surface area contributed by atoms with Crippen LogP contribution in [-0.2, 0) is 4.79 Å². The quantitative estimate of drug-likeness (QED) is 0.421. The molecule has 0 unspecified atom stereocenters. The summed E-state index contributed by atoms with van der Waals surface area (Å²) in [4.78, 5) is 30.5. The molecule has 0 aliphatic rings. The minimum Gasteiger partial charge on any atom is -0.310 e. The number of aromatic nitrogens is 2. The Balaban J connectivity index is 1.47. The highest BCUT2D eigenvalue weighted by molar-refractivity contribution is 7.15. The summed E-state index contributed by atoms with van der Waals surface area (Å²) in [6, 6.07) is 9.64. The summed E-state index contributed by atoms with van der Waals surface area (Å²) >= 11 is 2.86. The third kappa shape index (κ3) is 3.88. The third-order valence-electron chi connectivity index (χ3n) is 4.24. The molecule has 1 N–H and O–H groups in total. The van der Waals surface area contributed by atoms with E-state index in [0.29, 0.717) is 24.4 Å². The van der Waals surface area contributed by atoms with Gasteiger partial charge in [0.25, 0.3) is 0 Å². The Kier molecular flexibility index (Phi) is 5.31. The number of nitrogens with one attached hydrogen (secondary N) is 1. The second kappa shape index (κ2) is 8.04. The van der Waals surface area contributed by atoms with E-state index in [9.17, 15) is 14.0 Å². The van der Waals surface area contributed by atoms with Crippen LogP contribution in [0.3, 0.4) is 0 Å². The number of anilines is 1. The Morgan fingerprint density at radius 1 is 1.07 bits per heavy atom. The molecule has 8 heteroatoms. The Morgan fingerprint density at radius 3 is 2.64 bits per heavy atom. The lowest BCUT2D eigenvalue weighted by Gasteiger charge is -2.07. The molecule has 0 saturated carbocycles. The molecular weight excluding hydrogens is 397 g/mol. The number of carbonyl (C=O) groups excluding carboxylic acids is 2. The number of carbonyl (C=O) groups is 2. The highest BCUT2D eigenvalue weighted by Crippen LogP contribution is 2.31. The number of nitrogens with zero attached hydrogens (tertiary/aromatic N) is 2. The van der Waals surface area contributed by atoms with E-state index in [1.54, 1.807) is 22.6 Å². The minimum atomic E-state index is -0.328. The van der Waals surface area contributed by atoms with Crippen molar-refractivity contribution in [1.82, 2.24) is 9.38 Å². The smallest absolute Gasteiger partial charge is 0.225 e. The van der Waals surface area contributed by atoms with Crippen LogP contribution in [0.15, 0.2) is 53.4 Å². The molecule has 0 aliphatic carbocycles. The fourth-order valence-electron chi connectivity index (χ4n) is 2.88. The highest BCUT2D eigenvalue weighted by Gasteiger charge is 2.17. The van der Waals surface area contributed by atoms with E-state index in [2.05, 4.69) is 10.3 Å². The van der Waals surface area contributed by atoms with Gasteiger partial charge < -0.3 is 5.32 Å². The third-order valence-corrected chi connectivity index (χ3v) is 5.91. The van der Waals surface area contributed by atoms with Gasteiger partial charge in [-0.05, 0) is 42.1 Å². The molecule has 3 heterocycles. The van der Waals surface area contributed by atoms with E-state index < -0.39 is 0 Å². The van der Waals surface area contributed by atoms with Crippen LogP contribution in [0.4, 0.5) is 10.2 Å². The molecular formula is C20H16FN3O2S2. The summed E-state index contributed by atoms with van der Waals surface area (Å²) in [5.74, 6) is 0.0953. The molecule has 3 aromatic heterocycles. The summed E-state index contributed by atoms with van der Waals surface area (Å²) in [6.45, 7) is 0. The van der Waals surface area contributed by atoms with Crippen molar-refractivity contribution in [3.05, 3.63) is 64.0 Å². The number of imidazole rings is 1. The second-order valence-corrected chi connectivity index (χ2v) is 7.99. The molecule has 28 heavy (non-hydrogen) atoms. The first-order chi connectivity index (χ1) is 13.6. The van der Waals surface area contributed by atoms with Gasteiger partial charge in [-0.15, -0.1) is 22.7 Å². The molecule has 0 fully saturated rings. The zero-order valence-electron chi connectivity index (χ0n) is 14.7. The number of ketones is 1. The summed E-state index contributed by atoms with van der Waals surface area (Å²) < 4.78 is 15.0. The van der Waals surface area contributed by atoms with Crippen LogP contribution >= 0.6 is 22.7 Å². The number of Topliss-reactive ketones (excluding diaryl/α,β-unsaturated/α-hetero) is 1. The average Bonchev–Trinajstić information content (AvgIpc) is 3.41. The van der Waals surface area contributed by atoms with E-state index in [0.717, 1.165) is 15.4 Å². The molecule has 0 saturated heterocycles. The van der Waals surface area contributed by atoms with Gasteiger partial charge in [0.1, 0.15) is 17.3 Å². The van der Waals surface area contributed by atoms with Gasteiger partial charge in [0, 0.05) is 30.0 Å². The van der Waals surface area contributed by atoms with Crippen molar-refractivity contribution in [1.29, 1.82) is 0 Å². The van der Waals surface area contributed by atoms with Crippen molar-refractivity contribution in [2.75, 3.05) is 5.32 Å². The molecule has 0 aliphatic heterocycles. The Labute approximate surface area is 168 Å². The van der Waals surface area contributed by atoms with Gasteiger partial charge in [-0.3, -0.25) is 14.0 Å². The fourth-order valence-corrected chi connectivity index (χ4v) is 4.29. The molecule has 1 amide bonds. The van der Waals surface area contributed by atoms with Crippen molar-refractivity contribution in [2.24, 2.45) is 0 Å². The molecule has 0 spiro atoms. The van der Waals surface area contributed by atoms with Crippen molar-refractivity contribution >= 4 is 45.1 Å². The lowest BCUT2D eigenvalue weighted by Crippen LogP contribution is -2.13. The summed E-state index contributed by atoms with van der Waals surface area (Å²) in [5, 5.41) is 6.65. The molecule has 142 valence electrons. The first-order valence-electron chi connectivity index (χ1n) is 8.70. The van der Waals surface area contributed by atoms with Crippen LogP contribution in [0, 0.1) is 5.82 Å². The molecule has 0 bridgehead atoms. The first kappa shape index (κ1) is 18.5. The maximum absolute atomic E-state index is 13.2. The maximum atomic E-state index is 13.2. The predicted octanol–water partition coefficient (Wildman–Crippen LogP) is 5.26. The van der Waals surface area contributed by atoms with E-state index in [-0.39, 0.29) is 23.9 Å². The lowest BCUT2D eigenvalue weighted by molar-refractivity contribution is -0.116. The monoisotopic (exact) mass is 413 g/mol. The largest absolute Gasteiger partial charge is 0.310 e. The van der Waals surface area contributed by atoms with Crippen molar-refractivity contribution in [3.63, 3.8) is 0 Å². The Hall–Kier alpha value is -2.84.